The van der Waals surface area contributed by atoms with Gasteiger partial charge in [0, 0.05) is 44.4 Å². The zero-order valence-corrected chi connectivity index (χ0v) is 17.5. The first-order chi connectivity index (χ1) is 15.1. The lowest BCUT2D eigenvalue weighted by atomic mass is 10.0. The molecule has 5 rings (SSSR count). The van der Waals surface area contributed by atoms with Crippen molar-refractivity contribution in [1.29, 1.82) is 0 Å². The van der Waals surface area contributed by atoms with Crippen molar-refractivity contribution in [1.82, 2.24) is 24.1 Å². The Hall–Kier alpha value is -3.46. The topological polar surface area (TPSA) is 72.5 Å². The van der Waals surface area contributed by atoms with Crippen LogP contribution >= 0.6 is 0 Å². The van der Waals surface area contributed by atoms with Crippen LogP contribution in [0, 0.1) is 12.7 Å². The van der Waals surface area contributed by atoms with Gasteiger partial charge in [-0.25, -0.2) is 14.4 Å². The van der Waals surface area contributed by atoms with Crippen LogP contribution in [-0.2, 0) is 18.2 Å². The van der Waals surface area contributed by atoms with E-state index in [-0.39, 0.29) is 5.82 Å². The minimum Gasteiger partial charge on any atom is -0.378 e. The number of fused-ring (bicyclic) bond motifs is 1. The highest BCUT2D eigenvalue weighted by Gasteiger charge is 2.21. The lowest BCUT2D eigenvalue weighted by molar-refractivity contribution is 0.122. The second kappa shape index (κ2) is 7.99. The van der Waals surface area contributed by atoms with Gasteiger partial charge in [0.25, 0.3) is 0 Å². The fourth-order valence-electron chi connectivity index (χ4n) is 3.88. The van der Waals surface area contributed by atoms with Crippen LogP contribution in [0.5, 0.6) is 0 Å². The Morgan fingerprint density at radius 1 is 1.16 bits per heavy atom. The molecule has 1 N–H and O–H groups in total. The van der Waals surface area contributed by atoms with Crippen LogP contribution in [0.4, 0.5) is 21.8 Å². The van der Waals surface area contributed by atoms with E-state index >= 15 is 0 Å². The maximum Gasteiger partial charge on any atom is 0.163 e. The second-order valence-electron chi connectivity index (χ2n) is 7.72. The summed E-state index contributed by atoms with van der Waals surface area (Å²) in [5, 5.41) is 8.06. The van der Waals surface area contributed by atoms with Gasteiger partial charge in [0.1, 0.15) is 23.3 Å². The molecule has 4 aromatic rings. The van der Waals surface area contributed by atoms with E-state index in [0.29, 0.717) is 42.5 Å². The molecule has 0 aliphatic carbocycles. The minimum atomic E-state index is -0.225. The van der Waals surface area contributed by atoms with Crippen LogP contribution in [0.25, 0.3) is 5.65 Å². The van der Waals surface area contributed by atoms with E-state index < -0.39 is 0 Å². The summed E-state index contributed by atoms with van der Waals surface area (Å²) in [5.41, 5.74) is 3.08. The standard InChI is InChI=1S/C22H24FN7O/c1-15-17(11-16-5-3-4-6-18(16)23)22-26-19(25-20-13-28(2)14-24-20)12-21(30(22)27-15)29-7-9-31-10-8-29/h3-6,12-14H,7-11H2,1-2H3,(H,25,26). The summed E-state index contributed by atoms with van der Waals surface area (Å²) in [7, 11) is 1.92. The smallest absolute Gasteiger partial charge is 0.163 e. The van der Waals surface area contributed by atoms with Gasteiger partial charge in [0.15, 0.2) is 5.65 Å². The van der Waals surface area contributed by atoms with Gasteiger partial charge < -0.3 is 19.5 Å². The fraction of sp³-hybridized carbons (Fsp3) is 0.318. The third kappa shape index (κ3) is 3.84. The molecule has 1 aliphatic rings. The van der Waals surface area contributed by atoms with E-state index in [1.807, 2.05) is 41.4 Å². The second-order valence-corrected chi connectivity index (χ2v) is 7.72. The predicted octanol–water partition coefficient (Wildman–Crippen LogP) is 3.08. The summed E-state index contributed by atoms with van der Waals surface area (Å²) >= 11 is 0. The molecule has 31 heavy (non-hydrogen) atoms. The van der Waals surface area contributed by atoms with Crippen molar-refractivity contribution in [2.24, 2.45) is 7.05 Å². The summed E-state index contributed by atoms with van der Waals surface area (Å²) in [5.74, 6) is 2.08. The third-order valence-corrected chi connectivity index (χ3v) is 5.49. The third-order valence-electron chi connectivity index (χ3n) is 5.49. The van der Waals surface area contributed by atoms with Gasteiger partial charge in [-0.1, -0.05) is 18.2 Å². The molecule has 0 amide bonds. The highest BCUT2D eigenvalue weighted by Crippen LogP contribution is 2.28. The molecule has 160 valence electrons. The van der Waals surface area contributed by atoms with Crippen LogP contribution in [-0.4, -0.2) is 50.5 Å². The van der Waals surface area contributed by atoms with E-state index in [9.17, 15) is 4.39 Å². The monoisotopic (exact) mass is 421 g/mol. The molecule has 0 saturated carbocycles. The Morgan fingerprint density at radius 3 is 2.71 bits per heavy atom. The first-order valence-electron chi connectivity index (χ1n) is 10.3. The lowest BCUT2D eigenvalue weighted by Gasteiger charge is -2.29. The number of morpholine rings is 1. The van der Waals surface area contributed by atoms with Crippen LogP contribution in [0.3, 0.4) is 0 Å². The molecular formula is C22H24FN7O. The maximum absolute atomic E-state index is 14.4. The SMILES string of the molecule is Cc1nn2c(N3CCOCC3)cc(Nc3cn(C)cn3)nc2c1Cc1ccccc1F. The van der Waals surface area contributed by atoms with Gasteiger partial charge in [0.05, 0.1) is 25.2 Å². The molecule has 4 heterocycles. The molecule has 1 aliphatic heterocycles. The minimum absolute atomic E-state index is 0.225. The summed E-state index contributed by atoms with van der Waals surface area (Å²) in [6.07, 6.45) is 4.04. The highest BCUT2D eigenvalue weighted by atomic mass is 19.1. The van der Waals surface area contributed by atoms with Gasteiger partial charge in [-0.2, -0.15) is 9.61 Å². The Labute approximate surface area is 179 Å². The van der Waals surface area contributed by atoms with Gasteiger partial charge in [-0.05, 0) is 18.6 Å². The molecular weight excluding hydrogens is 397 g/mol. The maximum atomic E-state index is 14.4. The van der Waals surface area contributed by atoms with E-state index in [0.717, 1.165) is 30.2 Å². The number of nitrogens with one attached hydrogen (secondary N) is 1. The van der Waals surface area contributed by atoms with E-state index in [2.05, 4.69) is 15.2 Å². The largest absolute Gasteiger partial charge is 0.378 e. The zero-order chi connectivity index (χ0) is 21.4. The number of benzene rings is 1. The normalized spacial score (nSPS) is 14.4. The van der Waals surface area contributed by atoms with Gasteiger partial charge in [0.2, 0.25) is 0 Å². The van der Waals surface area contributed by atoms with Crippen molar-refractivity contribution in [3.05, 3.63) is 65.5 Å². The van der Waals surface area contributed by atoms with Crippen LogP contribution < -0.4 is 10.2 Å². The fourth-order valence-corrected chi connectivity index (χ4v) is 3.88. The molecule has 0 bridgehead atoms. The van der Waals surface area contributed by atoms with Gasteiger partial charge >= 0.3 is 0 Å². The number of aryl methyl sites for hydroxylation is 2. The van der Waals surface area contributed by atoms with E-state index in [4.69, 9.17) is 14.8 Å². The number of imidazole rings is 1. The molecule has 9 heteroatoms. The van der Waals surface area contributed by atoms with Gasteiger partial charge in [-0.3, -0.25) is 0 Å². The van der Waals surface area contributed by atoms with E-state index in [1.165, 1.54) is 6.07 Å². The average molecular weight is 421 g/mol. The summed E-state index contributed by atoms with van der Waals surface area (Å²) in [6, 6.07) is 8.81. The molecule has 0 spiro atoms. The molecule has 8 nitrogen and oxygen atoms in total. The molecule has 0 unspecified atom stereocenters. The number of hydrogen-bond donors (Lipinski definition) is 1. The van der Waals surface area contributed by atoms with E-state index in [1.54, 1.807) is 18.5 Å². The van der Waals surface area contributed by atoms with Crippen molar-refractivity contribution >= 4 is 23.1 Å². The van der Waals surface area contributed by atoms with Crippen molar-refractivity contribution < 1.29 is 9.13 Å². The summed E-state index contributed by atoms with van der Waals surface area (Å²) in [6.45, 7) is 4.80. The van der Waals surface area contributed by atoms with Gasteiger partial charge in [-0.15, -0.1) is 0 Å². The van der Waals surface area contributed by atoms with Crippen molar-refractivity contribution in [3.63, 3.8) is 0 Å². The first kappa shape index (κ1) is 19.5. The number of anilines is 3. The molecule has 1 aromatic carbocycles. The van der Waals surface area contributed by atoms with Crippen LogP contribution in [0.2, 0.25) is 0 Å². The number of ether oxygens (including phenoxy) is 1. The van der Waals surface area contributed by atoms with Crippen molar-refractivity contribution in [2.45, 2.75) is 13.3 Å². The Kier molecular flexibility index (Phi) is 5.03. The quantitative estimate of drug-likeness (QED) is 0.534. The molecule has 0 radical (unpaired) electrons. The molecule has 1 fully saturated rings. The van der Waals surface area contributed by atoms with Crippen LogP contribution in [0.15, 0.2) is 42.9 Å². The molecule has 3 aromatic heterocycles. The number of rotatable bonds is 5. The zero-order valence-electron chi connectivity index (χ0n) is 17.5. The number of hydrogen-bond acceptors (Lipinski definition) is 6. The van der Waals surface area contributed by atoms with Crippen LogP contribution in [0.1, 0.15) is 16.8 Å². The summed E-state index contributed by atoms with van der Waals surface area (Å²) < 4.78 is 23.6. The molecule has 0 atom stereocenters. The summed E-state index contributed by atoms with van der Waals surface area (Å²) in [4.78, 5) is 11.4. The Balaban J connectivity index is 1.62. The number of nitrogens with zero attached hydrogens (tertiary/aromatic N) is 6. The average Bonchev–Trinajstić information content (AvgIpc) is 3.32. The number of halogens is 1. The van der Waals surface area contributed by atoms with Crippen molar-refractivity contribution in [3.8, 4) is 0 Å². The van der Waals surface area contributed by atoms with Crippen molar-refractivity contribution in [2.75, 3.05) is 36.5 Å². The lowest BCUT2D eigenvalue weighted by Crippen LogP contribution is -2.37. The molecule has 1 saturated heterocycles. The first-order valence-corrected chi connectivity index (χ1v) is 10.3. The Morgan fingerprint density at radius 2 is 1.97 bits per heavy atom. The predicted molar refractivity (Wildman–Crippen MR) is 116 cm³/mol. The Bertz CT molecular complexity index is 1230. The highest BCUT2D eigenvalue weighted by molar-refractivity contribution is 5.66. The number of aromatic nitrogens is 5.